The third kappa shape index (κ3) is 4.79. The van der Waals surface area contributed by atoms with Gasteiger partial charge in [0, 0.05) is 10.7 Å². The Balaban J connectivity index is 2.13. The highest BCUT2D eigenvalue weighted by molar-refractivity contribution is 6.31. The predicted octanol–water partition coefficient (Wildman–Crippen LogP) is 4.50. The lowest BCUT2D eigenvalue weighted by molar-refractivity contribution is -0.274. The van der Waals surface area contributed by atoms with Crippen LogP contribution in [0.1, 0.15) is 10.4 Å². The summed E-state index contributed by atoms with van der Waals surface area (Å²) in [4.78, 5) is 12.2. The van der Waals surface area contributed by atoms with Crippen molar-refractivity contribution in [3.63, 3.8) is 0 Å². The Labute approximate surface area is 134 Å². The molecule has 0 spiro atoms. The van der Waals surface area contributed by atoms with Crippen molar-refractivity contribution >= 4 is 23.2 Å². The van der Waals surface area contributed by atoms with Crippen LogP contribution in [0.4, 0.5) is 18.9 Å². The topological polar surface area (TPSA) is 47.6 Å². The van der Waals surface area contributed by atoms with Crippen LogP contribution in [0.5, 0.6) is 11.5 Å². The minimum absolute atomic E-state index is 0.204. The molecule has 8 heteroatoms. The van der Waals surface area contributed by atoms with Crippen LogP contribution >= 0.6 is 11.6 Å². The Bertz CT molecular complexity index is 702. The lowest BCUT2D eigenvalue weighted by atomic mass is 10.2. The zero-order valence-corrected chi connectivity index (χ0v) is 12.5. The molecule has 122 valence electrons. The Kier molecular flexibility index (Phi) is 5.00. The first-order chi connectivity index (χ1) is 10.8. The van der Waals surface area contributed by atoms with E-state index in [1.807, 2.05) is 0 Å². The summed E-state index contributed by atoms with van der Waals surface area (Å²) in [7, 11) is 1.41. The number of anilines is 1. The maximum absolute atomic E-state index is 12.2. The molecule has 0 heterocycles. The van der Waals surface area contributed by atoms with Crippen molar-refractivity contribution in [2.45, 2.75) is 6.36 Å². The summed E-state index contributed by atoms with van der Waals surface area (Å²) >= 11 is 5.84. The minimum Gasteiger partial charge on any atom is -0.496 e. The molecule has 23 heavy (non-hydrogen) atoms. The number of ether oxygens (including phenoxy) is 2. The van der Waals surface area contributed by atoms with Gasteiger partial charge < -0.3 is 14.8 Å². The number of halogens is 4. The van der Waals surface area contributed by atoms with Crippen LogP contribution < -0.4 is 14.8 Å². The molecular weight excluding hydrogens is 335 g/mol. The van der Waals surface area contributed by atoms with Gasteiger partial charge in [-0.1, -0.05) is 11.6 Å². The molecule has 0 unspecified atom stereocenters. The first-order valence-corrected chi connectivity index (χ1v) is 6.67. The SMILES string of the molecule is COc1ccc(Cl)cc1C(=O)Nc1ccc(OC(F)(F)F)cc1. The third-order valence-electron chi connectivity index (χ3n) is 2.75. The van der Waals surface area contributed by atoms with Gasteiger partial charge in [-0.05, 0) is 42.5 Å². The number of carbonyl (C=O) groups excluding carboxylic acids is 1. The van der Waals surface area contributed by atoms with E-state index in [0.717, 1.165) is 12.1 Å². The van der Waals surface area contributed by atoms with Gasteiger partial charge in [-0.2, -0.15) is 0 Å². The average molecular weight is 346 g/mol. The van der Waals surface area contributed by atoms with Crippen molar-refractivity contribution in [2.75, 3.05) is 12.4 Å². The second-order valence-electron chi connectivity index (χ2n) is 4.37. The molecule has 1 N–H and O–H groups in total. The molecule has 2 rings (SSSR count). The van der Waals surface area contributed by atoms with Gasteiger partial charge in [-0.15, -0.1) is 13.2 Å². The summed E-state index contributed by atoms with van der Waals surface area (Å²) in [5.41, 5.74) is 0.502. The first kappa shape index (κ1) is 17.0. The van der Waals surface area contributed by atoms with Gasteiger partial charge in [0.15, 0.2) is 0 Å². The molecule has 0 saturated carbocycles. The minimum atomic E-state index is -4.76. The zero-order valence-electron chi connectivity index (χ0n) is 11.8. The Hall–Kier alpha value is -2.41. The van der Waals surface area contributed by atoms with E-state index in [2.05, 4.69) is 10.1 Å². The van der Waals surface area contributed by atoms with Gasteiger partial charge >= 0.3 is 6.36 Å². The highest BCUT2D eigenvalue weighted by atomic mass is 35.5. The number of hydrogen-bond acceptors (Lipinski definition) is 3. The largest absolute Gasteiger partial charge is 0.573 e. The van der Waals surface area contributed by atoms with Crippen molar-refractivity contribution in [1.29, 1.82) is 0 Å². The predicted molar refractivity (Wildman–Crippen MR) is 79.1 cm³/mol. The lowest BCUT2D eigenvalue weighted by Gasteiger charge is -2.11. The van der Waals surface area contributed by atoms with Crippen molar-refractivity contribution in [1.82, 2.24) is 0 Å². The molecule has 0 radical (unpaired) electrons. The van der Waals surface area contributed by atoms with Gasteiger partial charge in [-0.3, -0.25) is 4.79 Å². The fourth-order valence-electron chi connectivity index (χ4n) is 1.80. The van der Waals surface area contributed by atoms with Crippen LogP contribution in [0.25, 0.3) is 0 Å². The fraction of sp³-hybridized carbons (Fsp3) is 0.133. The number of benzene rings is 2. The molecule has 2 aromatic carbocycles. The number of hydrogen-bond donors (Lipinski definition) is 1. The highest BCUT2D eigenvalue weighted by Gasteiger charge is 2.30. The van der Waals surface area contributed by atoms with Crippen molar-refractivity contribution in [3.8, 4) is 11.5 Å². The van der Waals surface area contributed by atoms with Gasteiger partial charge in [0.2, 0.25) is 0 Å². The van der Waals surface area contributed by atoms with Crippen molar-refractivity contribution < 1.29 is 27.4 Å². The second kappa shape index (κ2) is 6.78. The standard InChI is InChI=1S/C15H11ClF3NO3/c1-22-13-7-2-9(16)8-12(13)14(21)20-10-3-5-11(6-4-10)23-15(17,18)19/h2-8H,1H3,(H,20,21). The average Bonchev–Trinajstić information content (AvgIpc) is 2.47. The maximum Gasteiger partial charge on any atom is 0.573 e. The Morgan fingerprint density at radius 3 is 2.35 bits per heavy atom. The number of nitrogens with one attached hydrogen (secondary N) is 1. The monoisotopic (exact) mass is 345 g/mol. The van der Waals surface area contributed by atoms with Crippen LogP contribution in [0.15, 0.2) is 42.5 Å². The van der Waals surface area contributed by atoms with Gasteiger partial charge in [0.25, 0.3) is 5.91 Å². The summed E-state index contributed by atoms with van der Waals surface area (Å²) in [6.07, 6.45) is -4.76. The highest BCUT2D eigenvalue weighted by Crippen LogP contribution is 2.26. The fourth-order valence-corrected chi connectivity index (χ4v) is 1.97. The van der Waals surface area contributed by atoms with Gasteiger partial charge in [0.1, 0.15) is 11.5 Å². The molecule has 0 aliphatic carbocycles. The Morgan fingerprint density at radius 1 is 1.13 bits per heavy atom. The van der Waals surface area contributed by atoms with Crippen molar-refractivity contribution in [2.24, 2.45) is 0 Å². The molecule has 4 nitrogen and oxygen atoms in total. The van der Waals surface area contributed by atoms with E-state index >= 15 is 0 Å². The van der Waals surface area contributed by atoms with E-state index in [0.29, 0.717) is 16.5 Å². The summed E-state index contributed by atoms with van der Waals surface area (Å²) in [6.45, 7) is 0. The van der Waals surface area contributed by atoms with Crippen LogP contribution in [-0.2, 0) is 0 Å². The molecule has 1 amide bonds. The van der Waals surface area contributed by atoms with E-state index < -0.39 is 12.3 Å². The summed E-state index contributed by atoms with van der Waals surface area (Å²) in [6, 6.07) is 9.30. The van der Waals surface area contributed by atoms with Crippen LogP contribution in [0.2, 0.25) is 5.02 Å². The molecule has 0 fully saturated rings. The molecule has 0 bridgehead atoms. The van der Waals surface area contributed by atoms with E-state index in [1.54, 1.807) is 6.07 Å². The van der Waals surface area contributed by atoms with Crippen molar-refractivity contribution in [3.05, 3.63) is 53.1 Å². The molecule has 0 saturated heterocycles. The van der Waals surface area contributed by atoms with E-state index in [-0.39, 0.29) is 11.3 Å². The molecule has 2 aromatic rings. The van der Waals surface area contributed by atoms with Crippen LogP contribution in [0, 0.1) is 0 Å². The molecule has 0 aliphatic rings. The van der Waals surface area contributed by atoms with E-state index in [9.17, 15) is 18.0 Å². The van der Waals surface area contributed by atoms with Gasteiger partial charge in [-0.25, -0.2) is 0 Å². The molecule has 0 aliphatic heterocycles. The van der Waals surface area contributed by atoms with E-state index in [4.69, 9.17) is 16.3 Å². The zero-order chi connectivity index (χ0) is 17.0. The van der Waals surface area contributed by atoms with E-state index in [1.165, 1.54) is 31.4 Å². The quantitative estimate of drug-likeness (QED) is 0.887. The second-order valence-corrected chi connectivity index (χ2v) is 4.81. The lowest BCUT2D eigenvalue weighted by Crippen LogP contribution is -2.17. The molecular formula is C15H11ClF3NO3. The van der Waals surface area contributed by atoms with Crippen LogP contribution in [-0.4, -0.2) is 19.4 Å². The third-order valence-corrected chi connectivity index (χ3v) is 2.99. The number of alkyl halides is 3. The number of rotatable bonds is 4. The number of amides is 1. The molecule has 0 atom stereocenters. The van der Waals surface area contributed by atoms with Gasteiger partial charge in [0.05, 0.1) is 12.7 Å². The summed E-state index contributed by atoms with van der Waals surface area (Å²) in [5, 5.41) is 2.89. The summed E-state index contributed by atoms with van der Waals surface area (Å²) < 4.78 is 45.0. The maximum atomic E-state index is 12.2. The Morgan fingerprint density at radius 2 is 1.78 bits per heavy atom. The normalized spacial score (nSPS) is 11.0. The van der Waals surface area contributed by atoms with Crippen LogP contribution in [0.3, 0.4) is 0 Å². The smallest absolute Gasteiger partial charge is 0.496 e. The molecule has 0 aromatic heterocycles. The number of carbonyl (C=O) groups is 1. The first-order valence-electron chi connectivity index (χ1n) is 6.29. The number of methoxy groups -OCH3 is 1. The summed E-state index contributed by atoms with van der Waals surface area (Å²) in [5.74, 6) is -0.561.